The molecule has 3 rings (SSSR count). The molecule has 0 bridgehead atoms. The van der Waals surface area contributed by atoms with E-state index < -0.39 is 0 Å². The first-order valence-corrected chi connectivity index (χ1v) is 9.37. The van der Waals surface area contributed by atoms with Crippen molar-refractivity contribution < 1.29 is 9.53 Å². The standard InChI is InChI=1S/C21H24ClNO2/c22-19-12-5-6-13-20(19)25-15-16-8-7-9-17(14-16)21(24)23-18-10-3-1-2-4-11-18/h5-9,12-14,18H,1-4,10-11,15H2,(H,23,24). The van der Waals surface area contributed by atoms with Gasteiger partial charge in [0.05, 0.1) is 5.02 Å². The first-order valence-electron chi connectivity index (χ1n) is 8.99. The third-order valence-corrected chi connectivity index (χ3v) is 4.92. The average molecular weight is 358 g/mol. The van der Waals surface area contributed by atoms with E-state index in [1.807, 2.05) is 42.5 Å². The summed E-state index contributed by atoms with van der Waals surface area (Å²) in [5.41, 5.74) is 1.64. The first-order chi connectivity index (χ1) is 12.2. The summed E-state index contributed by atoms with van der Waals surface area (Å²) in [6, 6.07) is 15.3. The highest BCUT2D eigenvalue weighted by Crippen LogP contribution is 2.24. The van der Waals surface area contributed by atoms with E-state index in [0.29, 0.717) is 29.0 Å². The van der Waals surface area contributed by atoms with E-state index in [2.05, 4.69) is 5.32 Å². The number of ether oxygens (including phenoxy) is 1. The molecular formula is C21H24ClNO2. The van der Waals surface area contributed by atoms with Crippen molar-refractivity contribution in [2.45, 2.75) is 51.2 Å². The van der Waals surface area contributed by atoms with E-state index in [9.17, 15) is 4.79 Å². The van der Waals surface area contributed by atoms with Gasteiger partial charge in [-0.05, 0) is 42.7 Å². The zero-order chi connectivity index (χ0) is 17.5. The van der Waals surface area contributed by atoms with Crippen LogP contribution in [0.5, 0.6) is 5.75 Å². The van der Waals surface area contributed by atoms with Crippen LogP contribution in [0.3, 0.4) is 0 Å². The van der Waals surface area contributed by atoms with Crippen molar-refractivity contribution >= 4 is 17.5 Å². The quantitative estimate of drug-likeness (QED) is 0.730. The van der Waals surface area contributed by atoms with Gasteiger partial charge in [-0.3, -0.25) is 4.79 Å². The lowest BCUT2D eigenvalue weighted by Gasteiger charge is -2.16. The summed E-state index contributed by atoms with van der Waals surface area (Å²) in [7, 11) is 0. The molecule has 0 atom stereocenters. The molecule has 1 N–H and O–H groups in total. The number of para-hydroxylation sites is 1. The summed E-state index contributed by atoms with van der Waals surface area (Å²) in [6.45, 7) is 0.383. The van der Waals surface area contributed by atoms with Gasteiger partial charge < -0.3 is 10.1 Å². The molecule has 1 fully saturated rings. The second-order valence-electron chi connectivity index (χ2n) is 6.58. The zero-order valence-electron chi connectivity index (χ0n) is 14.3. The van der Waals surface area contributed by atoms with E-state index in [0.717, 1.165) is 18.4 Å². The lowest BCUT2D eigenvalue weighted by molar-refractivity contribution is 0.0933. The molecule has 4 heteroatoms. The van der Waals surface area contributed by atoms with Crippen molar-refractivity contribution in [2.75, 3.05) is 0 Å². The summed E-state index contributed by atoms with van der Waals surface area (Å²) in [4.78, 5) is 12.5. The number of halogens is 1. The van der Waals surface area contributed by atoms with Crippen molar-refractivity contribution in [3.63, 3.8) is 0 Å². The van der Waals surface area contributed by atoms with Gasteiger partial charge in [-0.2, -0.15) is 0 Å². The summed E-state index contributed by atoms with van der Waals surface area (Å²) in [5.74, 6) is 0.656. The Labute approximate surface area is 154 Å². The predicted octanol–water partition coefficient (Wildman–Crippen LogP) is 5.37. The van der Waals surface area contributed by atoms with Crippen LogP contribution in [-0.4, -0.2) is 11.9 Å². The Kier molecular flexibility index (Phi) is 6.35. The molecule has 1 amide bonds. The number of hydrogen-bond acceptors (Lipinski definition) is 2. The number of carbonyl (C=O) groups excluding carboxylic acids is 1. The van der Waals surface area contributed by atoms with Crippen LogP contribution in [-0.2, 0) is 6.61 Å². The number of benzene rings is 2. The van der Waals surface area contributed by atoms with Crippen molar-refractivity contribution in [1.82, 2.24) is 5.32 Å². The fourth-order valence-corrected chi connectivity index (χ4v) is 3.41. The van der Waals surface area contributed by atoms with Crippen LogP contribution in [0, 0.1) is 0 Å². The Bertz CT molecular complexity index is 709. The minimum absolute atomic E-state index is 0.00601. The van der Waals surface area contributed by atoms with E-state index in [1.165, 1.54) is 25.7 Å². The third kappa shape index (κ3) is 5.23. The minimum atomic E-state index is 0.00601. The molecule has 0 unspecified atom stereocenters. The van der Waals surface area contributed by atoms with Gasteiger partial charge in [0, 0.05) is 11.6 Å². The molecule has 2 aromatic rings. The van der Waals surface area contributed by atoms with Gasteiger partial charge >= 0.3 is 0 Å². The Morgan fingerprint density at radius 3 is 2.56 bits per heavy atom. The Morgan fingerprint density at radius 1 is 1.04 bits per heavy atom. The second-order valence-corrected chi connectivity index (χ2v) is 6.99. The smallest absolute Gasteiger partial charge is 0.251 e. The SMILES string of the molecule is O=C(NC1CCCCCC1)c1cccc(COc2ccccc2Cl)c1. The first kappa shape index (κ1) is 17.8. The van der Waals surface area contributed by atoms with Crippen LogP contribution < -0.4 is 10.1 Å². The fraction of sp³-hybridized carbons (Fsp3) is 0.381. The maximum absolute atomic E-state index is 12.5. The largest absolute Gasteiger partial charge is 0.487 e. The number of amides is 1. The molecule has 1 aliphatic rings. The lowest BCUT2D eigenvalue weighted by atomic mass is 10.1. The van der Waals surface area contributed by atoms with Crippen molar-refractivity contribution in [1.29, 1.82) is 0 Å². The summed E-state index contributed by atoms with van der Waals surface area (Å²) in [6.07, 6.45) is 7.14. The highest BCUT2D eigenvalue weighted by atomic mass is 35.5. The van der Waals surface area contributed by atoms with Gasteiger partial charge in [-0.15, -0.1) is 0 Å². The van der Waals surface area contributed by atoms with E-state index in [4.69, 9.17) is 16.3 Å². The Morgan fingerprint density at radius 2 is 1.80 bits per heavy atom. The van der Waals surface area contributed by atoms with Gasteiger partial charge in [0.2, 0.25) is 0 Å². The molecule has 0 heterocycles. The van der Waals surface area contributed by atoms with Gasteiger partial charge in [-0.25, -0.2) is 0 Å². The highest BCUT2D eigenvalue weighted by molar-refractivity contribution is 6.32. The van der Waals surface area contributed by atoms with Crippen molar-refractivity contribution in [3.8, 4) is 5.75 Å². The lowest BCUT2D eigenvalue weighted by Crippen LogP contribution is -2.34. The number of carbonyl (C=O) groups is 1. The molecule has 25 heavy (non-hydrogen) atoms. The molecule has 0 aliphatic heterocycles. The molecule has 1 saturated carbocycles. The Hall–Kier alpha value is -2.00. The molecule has 0 spiro atoms. The average Bonchev–Trinajstić information content (AvgIpc) is 2.90. The molecule has 2 aromatic carbocycles. The summed E-state index contributed by atoms with van der Waals surface area (Å²) >= 11 is 6.10. The van der Waals surface area contributed by atoms with E-state index >= 15 is 0 Å². The summed E-state index contributed by atoms with van der Waals surface area (Å²) < 4.78 is 5.76. The van der Waals surface area contributed by atoms with E-state index in [-0.39, 0.29) is 5.91 Å². The molecule has 3 nitrogen and oxygen atoms in total. The topological polar surface area (TPSA) is 38.3 Å². The molecule has 0 saturated heterocycles. The van der Waals surface area contributed by atoms with Crippen molar-refractivity contribution in [3.05, 3.63) is 64.7 Å². The fourth-order valence-electron chi connectivity index (χ4n) is 3.22. The van der Waals surface area contributed by atoms with Gasteiger partial charge in [0.1, 0.15) is 12.4 Å². The third-order valence-electron chi connectivity index (χ3n) is 4.61. The molecule has 0 aromatic heterocycles. The number of hydrogen-bond donors (Lipinski definition) is 1. The molecule has 0 radical (unpaired) electrons. The molecule has 132 valence electrons. The van der Waals surface area contributed by atoms with Crippen LogP contribution in [0.1, 0.15) is 54.4 Å². The van der Waals surface area contributed by atoms with Gasteiger partial charge in [-0.1, -0.05) is 61.5 Å². The van der Waals surface area contributed by atoms with Crippen LogP contribution in [0.2, 0.25) is 5.02 Å². The molecular weight excluding hydrogens is 334 g/mol. The molecule has 1 aliphatic carbocycles. The number of rotatable bonds is 5. The minimum Gasteiger partial charge on any atom is -0.487 e. The highest BCUT2D eigenvalue weighted by Gasteiger charge is 2.16. The summed E-state index contributed by atoms with van der Waals surface area (Å²) in [5, 5.41) is 3.77. The number of nitrogens with one attached hydrogen (secondary N) is 1. The van der Waals surface area contributed by atoms with Gasteiger partial charge in [0.15, 0.2) is 0 Å². The maximum Gasteiger partial charge on any atom is 0.251 e. The van der Waals surface area contributed by atoms with E-state index in [1.54, 1.807) is 6.07 Å². The van der Waals surface area contributed by atoms with Crippen LogP contribution >= 0.6 is 11.6 Å². The van der Waals surface area contributed by atoms with Gasteiger partial charge in [0.25, 0.3) is 5.91 Å². The Balaban J connectivity index is 1.60. The maximum atomic E-state index is 12.5. The van der Waals surface area contributed by atoms with Crippen LogP contribution in [0.4, 0.5) is 0 Å². The predicted molar refractivity (Wildman–Crippen MR) is 101 cm³/mol. The van der Waals surface area contributed by atoms with Crippen molar-refractivity contribution in [2.24, 2.45) is 0 Å². The van der Waals surface area contributed by atoms with Crippen LogP contribution in [0.15, 0.2) is 48.5 Å². The second kappa shape index (κ2) is 8.91. The normalized spacial score (nSPS) is 15.4. The monoisotopic (exact) mass is 357 g/mol. The zero-order valence-corrected chi connectivity index (χ0v) is 15.1. The van der Waals surface area contributed by atoms with Crippen LogP contribution in [0.25, 0.3) is 0 Å².